The Labute approximate surface area is 339 Å². The number of carbonyl (C=O) groups excluding carboxylic acids is 4. The van der Waals surface area contributed by atoms with Gasteiger partial charge in [-0.1, -0.05) is 23.7 Å². The number of sulfonamides is 1. The number of aromatic nitrogens is 2. The van der Waals surface area contributed by atoms with E-state index in [4.69, 9.17) is 26.1 Å². The molecule has 5 rings (SSSR count). The third kappa shape index (κ3) is 11.8. The standard InChI is InChI=1S/C38H55ClN8O9S/c1-37(2,3)55-35(50)43-33(44-36(51)56-38(4,5)6)45-17-13-25(14-18-45)32(48)47-22-26(23-15-19-46(20-16-23)57(8,52)53)21-28(47)31-41-29(30(39)42-31)24-9-11-27(12-10-24)40-34(49)54-7/h9-12,23,25-26,28H,13-22H2,1-8H3,(H,40,49)(H,41,42)(H,43,44,50,51)/t26-,28-/m0/s1. The number of amides is 4. The van der Waals surface area contributed by atoms with Gasteiger partial charge >= 0.3 is 18.3 Å². The van der Waals surface area contributed by atoms with Crippen molar-refractivity contribution in [1.29, 1.82) is 0 Å². The number of carbonyl (C=O) groups is 4. The van der Waals surface area contributed by atoms with Crippen molar-refractivity contribution < 1.29 is 41.8 Å². The number of imidazole rings is 1. The molecule has 0 bridgehead atoms. The first-order valence-corrected chi connectivity index (χ1v) is 21.4. The van der Waals surface area contributed by atoms with E-state index in [1.807, 2.05) is 4.90 Å². The highest BCUT2D eigenvalue weighted by molar-refractivity contribution is 7.88. The molecule has 3 aliphatic rings. The number of rotatable bonds is 6. The number of anilines is 1. The van der Waals surface area contributed by atoms with Crippen molar-refractivity contribution in [3.05, 3.63) is 35.2 Å². The summed E-state index contributed by atoms with van der Waals surface area (Å²) in [6.45, 7) is 12.3. The van der Waals surface area contributed by atoms with Crippen LogP contribution in [0, 0.1) is 17.8 Å². The van der Waals surface area contributed by atoms with Crippen LogP contribution >= 0.6 is 11.6 Å². The monoisotopic (exact) mass is 834 g/mol. The van der Waals surface area contributed by atoms with Gasteiger partial charge in [0.2, 0.25) is 21.9 Å². The van der Waals surface area contributed by atoms with E-state index in [0.29, 0.717) is 92.8 Å². The van der Waals surface area contributed by atoms with E-state index in [0.717, 1.165) is 0 Å². The van der Waals surface area contributed by atoms with Crippen LogP contribution in [0.15, 0.2) is 29.3 Å². The summed E-state index contributed by atoms with van der Waals surface area (Å²) < 4.78 is 41.5. The summed E-state index contributed by atoms with van der Waals surface area (Å²) in [7, 11) is -2.02. The maximum absolute atomic E-state index is 14.6. The number of ether oxygens (including phenoxy) is 3. The summed E-state index contributed by atoms with van der Waals surface area (Å²) in [6.07, 6.45) is 1.81. The van der Waals surface area contributed by atoms with Gasteiger partial charge in [-0.25, -0.2) is 32.1 Å². The highest BCUT2D eigenvalue weighted by Crippen LogP contribution is 2.43. The zero-order valence-electron chi connectivity index (χ0n) is 33.9. The Morgan fingerprint density at radius 1 is 0.895 bits per heavy atom. The number of aliphatic imine (C=N–C) groups is 1. The van der Waals surface area contributed by atoms with Gasteiger partial charge in [-0.3, -0.25) is 15.4 Å². The van der Waals surface area contributed by atoms with E-state index < -0.39 is 45.5 Å². The topological polar surface area (TPSA) is 205 Å². The third-order valence-electron chi connectivity index (χ3n) is 10.2. The van der Waals surface area contributed by atoms with Gasteiger partial charge in [-0.2, -0.15) is 0 Å². The molecule has 2 atom stereocenters. The van der Waals surface area contributed by atoms with E-state index in [1.54, 1.807) is 70.7 Å². The van der Waals surface area contributed by atoms with Crippen LogP contribution in [0.5, 0.6) is 0 Å². The molecule has 4 amide bonds. The number of H-pyrrole nitrogens is 1. The van der Waals surface area contributed by atoms with E-state index >= 15 is 0 Å². The van der Waals surface area contributed by atoms with Crippen LogP contribution in [0.25, 0.3) is 11.3 Å². The molecule has 19 heteroatoms. The number of nitrogens with one attached hydrogen (secondary N) is 3. The van der Waals surface area contributed by atoms with Crippen LogP contribution in [-0.2, 0) is 29.0 Å². The van der Waals surface area contributed by atoms with Gasteiger partial charge in [-0.15, -0.1) is 4.99 Å². The average molecular weight is 835 g/mol. The van der Waals surface area contributed by atoms with E-state index in [2.05, 4.69) is 25.3 Å². The molecular formula is C38H55ClN8O9S. The zero-order chi connectivity index (χ0) is 41.9. The molecule has 314 valence electrons. The largest absolute Gasteiger partial charge is 0.453 e. The van der Waals surface area contributed by atoms with E-state index in [9.17, 15) is 27.6 Å². The Hall–Kier alpha value is -4.42. The summed E-state index contributed by atoms with van der Waals surface area (Å²) in [6, 6.07) is 6.55. The molecular weight excluding hydrogens is 780 g/mol. The number of benzene rings is 1. The lowest BCUT2D eigenvalue weighted by atomic mass is 9.83. The van der Waals surface area contributed by atoms with Gasteiger partial charge in [-0.05, 0) is 97.6 Å². The fourth-order valence-electron chi connectivity index (χ4n) is 7.51. The molecule has 17 nitrogen and oxygen atoms in total. The van der Waals surface area contributed by atoms with Crippen molar-refractivity contribution in [1.82, 2.24) is 29.4 Å². The number of likely N-dealkylation sites (tertiary alicyclic amines) is 2. The maximum Gasteiger partial charge on any atom is 0.437 e. The van der Waals surface area contributed by atoms with Crippen LogP contribution in [0.2, 0.25) is 5.15 Å². The summed E-state index contributed by atoms with van der Waals surface area (Å²) in [5, 5.41) is 5.53. The third-order valence-corrected chi connectivity index (χ3v) is 11.8. The van der Waals surface area contributed by atoms with Gasteiger partial charge in [0, 0.05) is 49.9 Å². The van der Waals surface area contributed by atoms with Gasteiger partial charge in [0.25, 0.3) is 0 Å². The lowest BCUT2D eigenvalue weighted by molar-refractivity contribution is -0.138. The molecule has 3 N–H and O–H groups in total. The smallest absolute Gasteiger partial charge is 0.437 e. The van der Waals surface area contributed by atoms with Crippen LogP contribution in [-0.4, -0.2) is 120 Å². The van der Waals surface area contributed by atoms with E-state index in [1.165, 1.54) is 17.7 Å². The van der Waals surface area contributed by atoms with Crippen molar-refractivity contribution in [3.8, 4) is 11.3 Å². The average Bonchev–Trinajstić information content (AvgIpc) is 3.73. The first-order chi connectivity index (χ1) is 26.6. The van der Waals surface area contributed by atoms with Crippen molar-refractivity contribution in [3.63, 3.8) is 0 Å². The van der Waals surface area contributed by atoms with Gasteiger partial charge in [0.1, 0.15) is 27.9 Å². The molecule has 57 heavy (non-hydrogen) atoms. The van der Waals surface area contributed by atoms with Crippen molar-refractivity contribution >= 4 is 57.5 Å². The number of piperidine rings is 2. The van der Waals surface area contributed by atoms with Crippen LogP contribution < -0.4 is 10.6 Å². The highest BCUT2D eigenvalue weighted by atomic mass is 35.5. The number of halogens is 1. The summed E-state index contributed by atoms with van der Waals surface area (Å²) >= 11 is 6.75. The Bertz CT molecular complexity index is 1930. The molecule has 4 heterocycles. The fourth-order valence-corrected chi connectivity index (χ4v) is 8.63. The van der Waals surface area contributed by atoms with Crippen LogP contribution in [0.4, 0.5) is 20.1 Å². The highest BCUT2D eigenvalue weighted by Gasteiger charge is 2.44. The number of methoxy groups -OCH3 is 1. The Balaban J connectivity index is 1.35. The lowest BCUT2D eigenvalue weighted by Gasteiger charge is -2.36. The molecule has 3 saturated heterocycles. The normalized spacial score (nSPS) is 20.6. The van der Waals surface area contributed by atoms with Crippen molar-refractivity contribution in [2.75, 3.05) is 51.4 Å². The number of aromatic amines is 1. The zero-order valence-corrected chi connectivity index (χ0v) is 35.5. The molecule has 0 aliphatic carbocycles. The Morgan fingerprint density at radius 3 is 2.07 bits per heavy atom. The first-order valence-electron chi connectivity index (χ1n) is 19.1. The number of hydrogen-bond acceptors (Lipinski definition) is 10. The predicted octanol–water partition coefficient (Wildman–Crippen LogP) is 6.00. The minimum absolute atomic E-state index is 0.0178. The predicted molar refractivity (Wildman–Crippen MR) is 214 cm³/mol. The molecule has 0 spiro atoms. The van der Waals surface area contributed by atoms with Gasteiger partial charge in [0.15, 0.2) is 0 Å². The summed E-state index contributed by atoms with van der Waals surface area (Å²) in [5.41, 5.74) is 0.136. The van der Waals surface area contributed by atoms with Gasteiger partial charge in [0.05, 0.1) is 19.4 Å². The minimum Gasteiger partial charge on any atom is -0.453 e. The van der Waals surface area contributed by atoms with Gasteiger partial charge < -0.3 is 29.0 Å². The molecule has 0 unspecified atom stereocenters. The number of nitrogens with zero attached hydrogens (tertiary/aromatic N) is 5. The van der Waals surface area contributed by atoms with Crippen molar-refractivity contribution in [2.45, 2.75) is 90.9 Å². The molecule has 0 radical (unpaired) electrons. The molecule has 1 aromatic heterocycles. The quantitative estimate of drug-likeness (QED) is 0.175. The second kappa shape index (κ2) is 17.6. The molecule has 3 aliphatic heterocycles. The number of hydrogen-bond donors (Lipinski definition) is 3. The molecule has 1 aromatic carbocycles. The number of alkyl carbamates (subject to hydrolysis) is 1. The fraction of sp³-hybridized carbons (Fsp3) is 0.632. The minimum atomic E-state index is -3.30. The Morgan fingerprint density at radius 2 is 1.51 bits per heavy atom. The second-order valence-corrected chi connectivity index (χ2v) is 19.1. The molecule has 2 aromatic rings. The van der Waals surface area contributed by atoms with Crippen molar-refractivity contribution in [2.24, 2.45) is 22.7 Å². The van der Waals surface area contributed by atoms with E-state index in [-0.39, 0.29) is 29.6 Å². The molecule has 3 fully saturated rings. The maximum atomic E-state index is 14.6. The SMILES string of the molecule is COC(=O)Nc1ccc(-c2nc([C@@H]3C[C@H](C4CCN(S(C)(=O)=O)CC4)CN3C(=O)C3CCN(/C(=N\C(=O)OC(C)(C)C)NC(=O)OC(C)(C)C)CC3)[nH]c2Cl)cc1. The second-order valence-electron chi connectivity index (χ2n) is 16.8. The van der Waals surface area contributed by atoms with Crippen LogP contribution in [0.1, 0.15) is 85.5 Å². The first kappa shape index (κ1) is 43.7. The Kier molecular flexibility index (Phi) is 13.5. The summed E-state index contributed by atoms with van der Waals surface area (Å²) in [4.78, 5) is 67.6. The lowest BCUT2D eigenvalue weighted by Crippen LogP contribution is -2.51. The summed E-state index contributed by atoms with van der Waals surface area (Å²) in [5.74, 6) is 0.406. The number of guanidine groups is 1. The molecule has 0 saturated carbocycles. The van der Waals surface area contributed by atoms with Crippen LogP contribution in [0.3, 0.4) is 0 Å².